The first-order chi connectivity index (χ1) is 37.8. The highest BCUT2D eigenvalue weighted by Gasteiger charge is 2.37. The quantitative estimate of drug-likeness (QED) is 0.0880. The molecule has 1 aliphatic carbocycles. The predicted molar refractivity (Wildman–Crippen MR) is 314 cm³/mol. The average Bonchev–Trinajstić information content (AvgIpc) is 3.49. The van der Waals surface area contributed by atoms with Gasteiger partial charge in [-0.05, 0) is 124 Å². The highest BCUT2D eigenvalue weighted by Crippen LogP contribution is 2.41. The smallest absolute Gasteiger partial charge is 0.176 e. The van der Waals surface area contributed by atoms with Crippen LogP contribution in [-0.4, -0.2) is 112 Å². The number of halogens is 6. The van der Waals surface area contributed by atoms with Gasteiger partial charge in [-0.1, -0.05) is 122 Å². The molecule has 0 bridgehead atoms. The first-order valence-corrected chi connectivity index (χ1v) is 32.5. The van der Waals surface area contributed by atoms with Gasteiger partial charge >= 0.3 is 0 Å². The number of likely N-dealkylation sites (tertiary alicyclic amines) is 2. The molecule has 1 unspecified atom stereocenters. The summed E-state index contributed by atoms with van der Waals surface area (Å²) in [7, 11) is -7.45. The van der Waals surface area contributed by atoms with Crippen molar-refractivity contribution in [3.8, 4) is 0 Å². The largest absolute Gasteiger partial charge is 0.297 e. The summed E-state index contributed by atoms with van der Waals surface area (Å²) in [6, 6.07) is 38.8. The van der Waals surface area contributed by atoms with Gasteiger partial charge in [-0.25, -0.2) is 34.4 Å². The first-order valence-electron chi connectivity index (χ1n) is 26.8. The van der Waals surface area contributed by atoms with Crippen LogP contribution in [0.4, 0.5) is 17.6 Å². The van der Waals surface area contributed by atoms with Crippen LogP contribution in [0.3, 0.4) is 0 Å². The second-order valence-electron chi connectivity index (χ2n) is 21.2. The third kappa shape index (κ3) is 15.0. The van der Waals surface area contributed by atoms with Crippen LogP contribution < -0.4 is 0 Å². The van der Waals surface area contributed by atoms with E-state index in [0.29, 0.717) is 53.4 Å². The maximum Gasteiger partial charge on any atom is 0.176 e. The number of benzene rings is 6. The number of sulfone groups is 2. The van der Waals surface area contributed by atoms with E-state index in [2.05, 4.69) is 75.1 Å². The Labute approximate surface area is 477 Å². The van der Waals surface area contributed by atoms with Crippen molar-refractivity contribution < 1.29 is 34.4 Å². The fourth-order valence-electron chi connectivity index (χ4n) is 11.6. The van der Waals surface area contributed by atoms with Gasteiger partial charge < -0.3 is 0 Å². The summed E-state index contributed by atoms with van der Waals surface area (Å²) in [5.41, 5.74) is 8.14. The van der Waals surface area contributed by atoms with Gasteiger partial charge in [0.05, 0.1) is 21.9 Å². The standard InChI is InChI=1S/C33H37ClF2N2O2S.C29H29ClF2N2O2S2/c1-3-37(31-7-5-4-6-8-31)20-23-9-11-24(12-10-23)32(25-13-15-28(34)16-14-25)38-21-27(22-38)33(41(2,39)40)26-17-29(35)19-30(36)18-26;1-38(35,36)29(23-14-26(31)16-27(32)15-23)24-18-34(19-24)28(22-6-8-25(30)9-7-22)21-4-2-20(3-5-21)17-33-10-12-37-13-11-33/h9-19,31-32H,3-8,20-22H2,1-2H3;2-9,14-16,28H,10-13,17-19H2,1H3/t;28-/m.0/s1. The molecule has 0 spiro atoms. The highest BCUT2D eigenvalue weighted by molar-refractivity contribution is 8.00. The van der Waals surface area contributed by atoms with Crippen molar-refractivity contribution in [1.82, 2.24) is 19.6 Å². The Hall–Kier alpha value is -4.81. The van der Waals surface area contributed by atoms with Crippen molar-refractivity contribution in [2.24, 2.45) is 0 Å². The third-order valence-electron chi connectivity index (χ3n) is 15.3. The molecule has 0 aromatic heterocycles. The molecule has 10 rings (SSSR count). The molecule has 4 aliphatic rings. The minimum atomic E-state index is -3.73. The van der Waals surface area contributed by atoms with Crippen molar-refractivity contribution >= 4 is 64.4 Å². The molecule has 4 fully saturated rings. The molecule has 0 radical (unpaired) electrons. The van der Waals surface area contributed by atoms with Crippen LogP contribution in [0, 0.1) is 23.3 Å². The second kappa shape index (κ2) is 26.0. The van der Waals surface area contributed by atoms with Crippen molar-refractivity contribution in [2.45, 2.75) is 70.2 Å². The Balaban J connectivity index is 0.000000192. The maximum absolute atomic E-state index is 14.0. The van der Waals surface area contributed by atoms with Crippen molar-refractivity contribution in [2.75, 3.05) is 69.8 Å². The molecule has 6 aromatic carbocycles. The van der Waals surface area contributed by atoms with Gasteiger partial charge in [-0.15, -0.1) is 0 Å². The summed E-state index contributed by atoms with van der Waals surface area (Å²) in [6.45, 7) is 8.75. The summed E-state index contributed by atoms with van der Waals surface area (Å²) < 4.78 is 107. The molecular formula is C62H66Cl2F4N4O4S3. The van der Waals surface area contributed by atoms with E-state index in [1.807, 2.05) is 60.3 Å². The number of nitrogens with zero attached hydrogens (tertiary/aromatic N) is 4. The molecule has 1 saturated carbocycles. The van der Waals surface area contributed by atoms with E-state index in [-0.39, 0.29) is 33.0 Å². The predicted octanol–water partition coefficient (Wildman–Crippen LogP) is 13.7. The van der Waals surface area contributed by atoms with E-state index in [9.17, 15) is 34.4 Å². The zero-order valence-electron chi connectivity index (χ0n) is 44.7. The lowest BCUT2D eigenvalue weighted by atomic mass is 9.91. The van der Waals surface area contributed by atoms with Gasteiger partial charge in [-0.2, -0.15) is 11.8 Å². The molecule has 3 saturated heterocycles. The molecule has 2 atom stereocenters. The van der Waals surface area contributed by atoms with Crippen LogP contribution in [0.25, 0.3) is 9.81 Å². The maximum atomic E-state index is 14.0. The molecule has 418 valence electrons. The molecule has 8 nitrogen and oxygen atoms in total. The minimum Gasteiger partial charge on any atom is -0.297 e. The zero-order chi connectivity index (χ0) is 56.0. The number of thioether (sulfide) groups is 1. The fraction of sp³-hybridized carbons (Fsp3) is 0.355. The van der Waals surface area contributed by atoms with E-state index in [0.717, 1.165) is 104 Å². The highest BCUT2D eigenvalue weighted by atomic mass is 35.5. The molecule has 0 amide bonds. The van der Waals surface area contributed by atoms with Gasteiger partial charge in [0.1, 0.15) is 23.3 Å². The number of rotatable bonds is 16. The summed E-state index contributed by atoms with van der Waals surface area (Å²) in [4.78, 5) is 9.39. The lowest BCUT2D eigenvalue weighted by molar-refractivity contribution is 0.156. The van der Waals surface area contributed by atoms with Crippen LogP contribution in [0.2, 0.25) is 10.0 Å². The number of hydrogen-bond acceptors (Lipinski definition) is 9. The summed E-state index contributed by atoms with van der Waals surface area (Å²) in [6.07, 6.45) is 8.67. The Kier molecular flexibility index (Phi) is 19.3. The second-order valence-corrected chi connectivity index (χ2v) is 27.2. The van der Waals surface area contributed by atoms with E-state index >= 15 is 0 Å². The van der Waals surface area contributed by atoms with E-state index in [1.165, 1.54) is 54.7 Å². The normalized spacial score (nSPS) is 17.6. The molecule has 3 heterocycles. The molecular weight excluding hydrogens is 1110 g/mol. The minimum absolute atomic E-state index is 0.000256. The Morgan fingerprint density at radius 2 is 0.924 bits per heavy atom. The molecule has 3 aliphatic heterocycles. The average molecular weight is 1170 g/mol. The number of hydrogen-bond donors (Lipinski definition) is 0. The van der Waals surface area contributed by atoms with Crippen LogP contribution >= 0.6 is 35.0 Å². The summed E-state index contributed by atoms with van der Waals surface area (Å²) in [5, 5.41) is 1.28. The SMILES string of the molecule is CCN(Cc1ccc(C(c2ccc(Cl)cc2)N2CC(=C(c3cc(F)cc(F)c3)S(C)(=O)=O)C2)cc1)C1CCCCC1.CS(=O)(=O)C(=C1CN([C@H](c2ccc(Cl)cc2)c2ccc(CN3CCSCC3)cc2)C1)c1cc(F)cc(F)c1. The van der Waals surface area contributed by atoms with Crippen molar-refractivity contribution in [3.05, 3.63) is 222 Å². The van der Waals surface area contributed by atoms with Gasteiger partial charge in [0.2, 0.25) is 0 Å². The lowest BCUT2D eigenvalue weighted by Crippen LogP contribution is -2.44. The van der Waals surface area contributed by atoms with Crippen molar-refractivity contribution in [3.63, 3.8) is 0 Å². The van der Waals surface area contributed by atoms with Crippen LogP contribution in [-0.2, 0) is 32.8 Å². The van der Waals surface area contributed by atoms with Gasteiger partial charge in [-0.3, -0.25) is 19.6 Å². The summed E-state index contributed by atoms with van der Waals surface area (Å²) in [5.74, 6) is -0.886. The first kappa shape index (κ1) is 58.8. The molecule has 0 N–H and O–H groups in total. The monoisotopic (exact) mass is 1170 g/mol. The molecule has 6 aromatic rings. The van der Waals surface area contributed by atoms with Crippen LogP contribution in [0.1, 0.15) is 95.6 Å². The Morgan fingerprint density at radius 3 is 1.29 bits per heavy atom. The fourth-order valence-corrected chi connectivity index (χ4v) is 15.2. The topological polar surface area (TPSA) is 81.2 Å². The zero-order valence-corrected chi connectivity index (χ0v) is 48.6. The summed E-state index contributed by atoms with van der Waals surface area (Å²) >= 11 is 14.3. The van der Waals surface area contributed by atoms with Gasteiger partial charge in [0.25, 0.3) is 0 Å². The Bertz CT molecular complexity index is 3340. The molecule has 17 heteroatoms. The van der Waals surface area contributed by atoms with E-state index in [1.54, 1.807) is 0 Å². The third-order valence-corrected chi connectivity index (χ3v) is 19.3. The van der Waals surface area contributed by atoms with E-state index < -0.39 is 42.9 Å². The van der Waals surface area contributed by atoms with E-state index in [4.69, 9.17) is 23.2 Å². The van der Waals surface area contributed by atoms with Crippen molar-refractivity contribution in [1.29, 1.82) is 0 Å². The van der Waals surface area contributed by atoms with Gasteiger partial charge in [0.15, 0.2) is 19.7 Å². The lowest BCUT2D eigenvalue weighted by Gasteiger charge is -2.42. The molecule has 79 heavy (non-hydrogen) atoms. The Morgan fingerprint density at radius 1 is 0.557 bits per heavy atom. The van der Waals surface area contributed by atoms with Crippen LogP contribution in [0.5, 0.6) is 0 Å². The van der Waals surface area contributed by atoms with Crippen LogP contribution in [0.15, 0.2) is 145 Å². The van der Waals surface area contributed by atoms with Gasteiger partial charge in [0, 0.05) is 105 Å².